The molecule has 1 aliphatic heterocycles. The normalized spacial score (nSPS) is 21.6. The molecule has 1 amide bonds. The van der Waals surface area contributed by atoms with Crippen LogP contribution in [0.25, 0.3) is 10.4 Å². The first kappa shape index (κ1) is 22.9. The number of carbonyl (C=O) groups is 2. The Balaban J connectivity index is 2.18. The molecule has 1 aromatic carbocycles. The molecule has 10 heteroatoms. The van der Waals surface area contributed by atoms with Crippen LogP contribution >= 0.6 is 11.6 Å². The van der Waals surface area contributed by atoms with E-state index in [9.17, 15) is 19.1 Å². The number of likely N-dealkylation sites (tertiary alicyclic amines) is 1. The minimum atomic E-state index is -1.54. The molecular formula is C19H24ClFN4O4. The van der Waals surface area contributed by atoms with Crippen molar-refractivity contribution in [1.82, 2.24) is 4.90 Å². The average molecular weight is 427 g/mol. The summed E-state index contributed by atoms with van der Waals surface area (Å²) >= 11 is 5.77. The molecule has 0 saturated carbocycles. The topological polar surface area (TPSA) is 116 Å². The van der Waals surface area contributed by atoms with Gasteiger partial charge in [0.1, 0.15) is 11.4 Å². The van der Waals surface area contributed by atoms with Gasteiger partial charge in [-0.15, -0.1) is 0 Å². The third kappa shape index (κ3) is 6.06. The number of aliphatic hydroxyl groups is 1. The molecule has 1 heterocycles. The van der Waals surface area contributed by atoms with E-state index < -0.39 is 29.2 Å². The number of halogens is 2. The molecule has 0 bridgehead atoms. The van der Waals surface area contributed by atoms with Crippen LogP contribution in [-0.4, -0.2) is 52.2 Å². The predicted octanol–water partition coefficient (Wildman–Crippen LogP) is 4.03. The number of ketones is 1. The number of amides is 1. The summed E-state index contributed by atoms with van der Waals surface area (Å²) in [6, 6.07) is 3.57. The third-order valence-corrected chi connectivity index (χ3v) is 4.81. The van der Waals surface area contributed by atoms with E-state index in [4.69, 9.17) is 21.9 Å². The molecule has 158 valence electrons. The maximum absolute atomic E-state index is 14.1. The van der Waals surface area contributed by atoms with Gasteiger partial charge in [0.2, 0.25) is 0 Å². The summed E-state index contributed by atoms with van der Waals surface area (Å²) in [5.41, 5.74) is 6.49. The van der Waals surface area contributed by atoms with Crippen LogP contribution in [0.15, 0.2) is 23.3 Å². The van der Waals surface area contributed by atoms with E-state index in [0.717, 1.165) is 4.90 Å². The zero-order chi connectivity index (χ0) is 21.8. The number of carbonyl (C=O) groups excluding carboxylic acids is 2. The summed E-state index contributed by atoms with van der Waals surface area (Å²) in [5, 5.41) is 14.0. The number of benzene rings is 1. The van der Waals surface area contributed by atoms with Gasteiger partial charge in [-0.3, -0.25) is 9.69 Å². The first-order chi connectivity index (χ1) is 13.5. The van der Waals surface area contributed by atoms with Crippen molar-refractivity contribution in [2.24, 2.45) is 5.11 Å². The summed E-state index contributed by atoms with van der Waals surface area (Å²) in [6.45, 7) is 4.57. The minimum Gasteiger partial charge on any atom is -0.444 e. The molecule has 29 heavy (non-hydrogen) atoms. The summed E-state index contributed by atoms with van der Waals surface area (Å²) < 4.78 is 19.4. The minimum absolute atomic E-state index is 0.0325. The number of aryl methyl sites for hydroxylation is 1. The lowest BCUT2D eigenvalue weighted by Crippen LogP contribution is -2.44. The average Bonchev–Trinajstić information content (AvgIpc) is 2.98. The second-order valence-corrected chi connectivity index (χ2v) is 8.53. The van der Waals surface area contributed by atoms with Gasteiger partial charge < -0.3 is 9.84 Å². The fraction of sp³-hybridized carbons (Fsp3) is 0.579. The van der Waals surface area contributed by atoms with Crippen molar-refractivity contribution in [1.29, 1.82) is 0 Å². The number of rotatable bonds is 6. The van der Waals surface area contributed by atoms with Gasteiger partial charge in [-0.1, -0.05) is 28.8 Å². The van der Waals surface area contributed by atoms with E-state index in [-0.39, 0.29) is 48.7 Å². The fourth-order valence-corrected chi connectivity index (χ4v) is 3.40. The maximum atomic E-state index is 14.1. The van der Waals surface area contributed by atoms with Gasteiger partial charge in [-0.05, 0) is 44.4 Å². The Morgan fingerprint density at radius 3 is 2.79 bits per heavy atom. The summed E-state index contributed by atoms with van der Waals surface area (Å²) in [7, 11) is 0. The van der Waals surface area contributed by atoms with Crippen molar-refractivity contribution in [3.8, 4) is 0 Å². The van der Waals surface area contributed by atoms with E-state index in [2.05, 4.69) is 10.0 Å². The second-order valence-electron chi connectivity index (χ2n) is 8.12. The highest BCUT2D eigenvalue weighted by molar-refractivity contribution is 6.30. The monoisotopic (exact) mass is 426 g/mol. The Kier molecular flexibility index (Phi) is 7.11. The Morgan fingerprint density at radius 1 is 1.48 bits per heavy atom. The Morgan fingerprint density at radius 2 is 2.17 bits per heavy atom. The molecule has 1 aliphatic rings. The van der Waals surface area contributed by atoms with Gasteiger partial charge >= 0.3 is 6.09 Å². The predicted molar refractivity (Wildman–Crippen MR) is 105 cm³/mol. The molecule has 1 N–H and O–H groups in total. The largest absolute Gasteiger partial charge is 0.444 e. The van der Waals surface area contributed by atoms with Crippen molar-refractivity contribution in [2.75, 3.05) is 13.1 Å². The highest BCUT2D eigenvalue weighted by Gasteiger charge is 2.48. The van der Waals surface area contributed by atoms with Gasteiger partial charge in [0.05, 0.1) is 29.8 Å². The SMILES string of the molecule is CC(C)(C)OC(=O)N1C[C@@](O)(CN=[N+]=[N-])C[C@H]1C(=O)CCc1cccc(Cl)c1F. The molecule has 2 rings (SSSR count). The Bertz CT molecular complexity index is 838. The van der Waals surface area contributed by atoms with E-state index >= 15 is 0 Å². The van der Waals surface area contributed by atoms with E-state index in [1.165, 1.54) is 12.1 Å². The maximum Gasteiger partial charge on any atom is 0.411 e. The highest BCUT2D eigenvalue weighted by atomic mass is 35.5. The molecule has 1 fully saturated rings. The molecule has 8 nitrogen and oxygen atoms in total. The number of azide groups is 1. The van der Waals surface area contributed by atoms with Gasteiger partial charge in [0.25, 0.3) is 0 Å². The van der Waals surface area contributed by atoms with Crippen molar-refractivity contribution >= 4 is 23.5 Å². The molecule has 0 unspecified atom stereocenters. The second kappa shape index (κ2) is 8.98. The molecule has 0 aromatic heterocycles. The lowest BCUT2D eigenvalue weighted by Gasteiger charge is -2.28. The lowest BCUT2D eigenvalue weighted by molar-refractivity contribution is -0.123. The van der Waals surface area contributed by atoms with Crippen molar-refractivity contribution < 1.29 is 23.8 Å². The quantitative estimate of drug-likeness (QED) is 0.420. The highest BCUT2D eigenvalue weighted by Crippen LogP contribution is 2.31. The number of hydrogen-bond acceptors (Lipinski definition) is 5. The zero-order valence-electron chi connectivity index (χ0n) is 16.6. The number of ether oxygens (including phenoxy) is 1. The Hall–Kier alpha value is -2.35. The molecule has 1 aromatic rings. The standard InChI is InChI=1S/C19H24ClFN4O4/c1-18(2,3)29-17(27)25-11-19(28,10-23-24-22)9-14(25)15(26)8-7-12-5-4-6-13(20)16(12)21/h4-6,14,28H,7-11H2,1-3H3/t14-,19-/m0/s1. The van der Waals surface area contributed by atoms with E-state index in [0.29, 0.717) is 0 Å². The van der Waals surface area contributed by atoms with Crippen LogP contribution in [0.5, 0.6) is 0 Å². The van der Waals surface area contributed by atoms with Crippen molar-refractivity contribution in [2.45, 2.75) is 57.3 Å². The molecule has 2 atom stereocenters. The van der Waals surface area contributed by atoms with Crippen LogP contribution in [-0.2, 0) is 16.0 Å². The summed E-state index contributed by atoms with van der Waals surface area (Å²) in [5.74, 6) is -0.940. The van der Waals surface area contributed by atoms with Crippen LogP contribution in [0.4, 0.5) is 9.18 Å². The van der Waals surface area contributed by atoms with Crippen LogP contribution in [0, 0.1) is 5.82 Å². The molecule has 1 saturated heterocycles. The van der Waals surface area contributed by atoms with Gasteiger partial charge in [-0.25, -0.2) is 9.18 Å². The van der Waals surface area contributed by atoms with Crippen LogP contribution < -0.4 is 0 Å². The zero-order valence-corrected chi connectivity index (χ0v) is 17.3. The fourth-order valence-electron chi connectivity index (χ4n) is 3.21. The number of hydrogen-bond donors (Lipinski definition) is 1. The van der Waals surface area contributed by atoms with Crippen molar-refractivity contribution in [3.05, 3.63) is 45.0 Å². The first-order valence-corrected chi connectivity index (χ1v) is 9.52. The van der Waals surface area contributed by atoms with Crippen molar-refractivity contribution in [3.63, 3.8) is 0 Å². The molecule has 0 spiro atoms. The number of β-amino-alcohol motifs (C(OH)–C–C–N with tert-alkyl or cyclic N) is 1. The molecule has 0 aliphatic carbocycles. The number of nitrogens with zero attached hydrogens (tertiary/aromatic N) is 4. The van der Waals surface area contributed by atoms with Crippen LogP contribution in [0.3, 0.4) is 0 Å². The lowest BCUT2D eigenvalue weighted by atomic mass is 9.96. The van der Waals surface area contributed by atoms with Gasteiger partial charge in [0, 0.05) is 17.8 Å². The van der Waals surface area contributed by atoms with Crippen LogP contribution in [0.2, 0.25) is 5.02 Å². The summed E-state index contributed by atoms with van der Waals surface area (Å²) in [4.78, 5) is 29.2. The summed E-state index contributed by atoms with van der Waals surface area (Å²) in [6.07, 6.45) is -0.804. The van der Waals surface area contributed by atoms with Gasteiger partial charge in [-0.2, -0.15) is 0 Å². The number of Topliss-reactive ketones (excluding diaryl/α,β-unsaturated/α-hetero) is 1. The van der Waals surface area contributed by atoms with Gasteiger partial charge in [0.15, 0.2) is 5.78 Å². The molecular weight excluding hydrogens is 403 g/mol. The third-order valence-electron chi connectivity index (χ3n) is 4.51. The van der Waals surface area contributed by atoms with E-state index in [1.54, 1.807) is 26.8 Å². The first-order valence-electron chi connectivity index (χ1n) is 9.14. The van der Waals surface area contributed by atoms with Crippen LogP contribution in [0.1, 0.15) is 39.2 Å². The molecule has 0 radical (unpaired) electrons. The van der Waals surface area contributed by atoms with E-state index in [1.807, 2.05) is 0 Å². The Labute approximate surface area is 173 Å². The smallest absolute Gasteiger partial charge is 0.411 e.